The summed E-state index contributed by atoms with van der Waals surface area (Å²) in [5.74, 6) is 0. The van der Waals surface area contributed by atoms with E-state index in [-0.39, 0.29) is 31.2 Å². The van der Waals surface area contributed by atoms with Gasteiger partial charge in [-0.3, -0.25) is 0 Å². The highest BCUT2D eigenvalue weighted by Crippen LogP contribution is 2.23. The molecular formula is C13H24O4. The molecule has 0 aromatic carbocycles. The fourth-order valence-corrected chi connectivity index (χ4v) is 2.76. The van der Waals surface area contributed by atoms with Gasteiger partial charge >= 0.3 is 0 Å². The summed E-state index contributed by atoms with van der Waals surface area (Å²) in [6.07, 6.45) is 7.05. The average Bonchev–Trinajstić information content (AvgIpc) is 2.34. The molecule has 0 saturated heterocycles. The standard InChI is InChI=1S/C13H24O4/c14-10-5-1-3-7-12(10)16-9-17-13-8-4-2-6-11(13)15/h10-15H,1-9H2/t10-,11+,12-,13+. The molecule has 0 aliphatic heterocycles. The summed E-state index contributed by atoms with van der Waals surface area (Å²) in [6.45, 7) is 0.198. The Morgan fingerprint density at radius 2 is 1.12 bits per heavy atom. The minimum absolute atomic E-state index is 0.0792. The van der Waals surface area contributed by atoms with Crippen molar-refractivity contribution in [2.45, 2.75) is 75.8 Å². The minimum Gasteiger partial charge on any atom is -0.390 e. The molecule has 0 bridgehead atoms. The second-order valence-corrected chi connectivity index (χ2v) is 5.23. The maximum Gasteiger partial charge on any atom is 0.147 e. The van der Waals surface area contributed by atoms with Crippen LogP contribution in [0.1, 0.15) is 51.4 Å². The Morgan fingerprint density at radius 3 is 1.53 bits per heavy atom. The highest BCUT2D eigenvalue weighted by Gasteiger charge is 2.26. The first-order chi connectivity index (χ1) is 8.27. The summed E-state index contributed by atoms with van der Waals surface area (Å²) in [4.78, 5) is 0. The van der Waals surface area contributed by atoms with Gasteiger partial charge < -0.3 is 19.7 Å². The lowest BCUT2D eigenvalue weighted by Gasteiger charge is -2.30. The van der Waals surface area contributed by atoms with Crippen LogP contribution in [0.5, 0.6) is 0 Å². The molecule has 2 aliphatic rings. The average molecular weight is 244 g/mol. The summed E-state index contributed by atoms with van der Waals surface area (Å²) < 4.78 is 11.1. The molecular weight excluding hydrogens is 220 g/mol. The Bertz CT molecular complexity index is 199. The molecule has 0 aromatic heterocycles. The van der Waals surface area contributed by atoms with Crippen LogP contribution in [0, 0.1) is 0 Å². The van der Waals surface area contributed by atoms with E-state index >= 15 is 0 Å². The van der Waals surface area contributed by atoms with Gasteiger partial charge in [-0.15, -0.1) is 0 Å². The number of rotatable bonds is 4. The van der Waals surface area contributed by atoms with Crippen molar-refractivity contribution < 1.29 is 19.7 Å². The van der Waals surface area contributed by atoms with E-state index in [9.17, 15) is 10.2 Å². The molecule has 0 aromatic rings. The van der Waals surface area contributed by atoms with Crippen molar-refractivity contribution in [2.24, 2.45) is 0 Å². The molecule has 2 N–H and O–H groups in total. The molecule has 0 unspecified atom stereocenters. The van der Waals surface area contributed by atoms with Crippen LogP contribution >= 0.6 is 0 Å². The molecule has 2 fully saturated rings. The van der Waals surface area contributed by atoms with E-state index in [1.807, 2.05) is 0 Å². The zero-order valence-corrected chi connectivity index (χ0v) is 10.4. The molecule has 0 spiro atoms. The first kappa shape index (κ1) is 13.3. The molecule has 4 atom stereocenters. The van der Waals surface area contributed by atoms with E-state index in [2.05, 4.69) is 0 Å². The Labute approximate surface area is 103 Å². The Morgan fingerprint density at radius 1 is 0.706 bits per heavy atom. The largest absolute Gasteiger partial charge is 0.390 e. The van der Waals surface area contributed by atoms with Gasteiger partial charge in [-0.2, -0.15) is 0 Å². The highest BCUT2D eigenvalue weighted by molar-refractivity contribution is 4.76. The lowest BCUT2D eigenvalue weighted by molar-refractivity contribution is -0.175. The third-order valence-corrected chi connectivity index (χ3v) is 3.90. The van der Waals surface area contributed by atoms with Gasteiger partial charge in [-0.25, -0.2) is 0 Å². The number of hydrogen-bond donors (Lipinski definition) is 2. The van der Waals surface area contributed by atoms with Crippen molar-refractivity contribution >= 4 is 0 Å². The summed E-state index contributed by atoms with van der Waals surface area (Å²) in [7, 11) is 0. The third-order valence-electron chi connectivity index (χ3n) is 3.90. The first-order valence-corrected chi connectivity index (χ1v) is 6.86. The van der Waals surface area contributed by atoms with E-state index < -0.39 is 0 Å². The van der Waals surface area contributed by atoms with Crippen LogP contribution in [0.2, 0.25) is 0 Å². The van der Waals surface area contributed by atoms with Crippen molar-refractivity contribution in [2.75, 3.05) is 6.79 Å². The molecule has 0 radical (unpaired) electrons. The molecule has 0 amide bonds. The number of hydrogen-bond acceptors (Lipinski definition) is 4. The highest BCUT2D eigenvalue weighted by atomic mass is 16.7. The smallest absolute Gasteiger partial charge is 0.147 e. The number of ether oxygens (including phenoxy) is 2. The van der Waals surface area contributed by atoms with Gasteiger partial charge in [-0.05, 0) is 25.7 Å². The van der Waals surface area contributed by atoms with Crippen LogP contribution in [0.25, 0.3) is 0 Å². The normalized spacial score (nSPS) is 39.2. The van der Waals surface area contributed by atoms with Gasteiger partial charge in [0.25, 0.3) is 0 Å². The topological polar surface area (TPSA) is 58.9 Å². The van der Waals surface area contributed by atoms with Crippen LogP contribution < -0.4 is 0 Å². The quantitative estimate of drug-likeness (QED) is 0.737. The van der Waals surface area contributed by atoms with Crippen LogP contribution in [-0.4, -0.2) is 41.4 Å². The van der Waals surface area contributed by atoms with Crippen LogP contribution in [0.15, 0.2) is 0 Å². The SMILES string of the molecule is O[C@@H]1CCCC[C@H]1OCO[C@H]1CCCC[C@@H]1O. The maximum atomic E-state index is 9.73. The van der Waals surface area contributed by atoms with Crippen LogP contribution in [0.4, 0.5) is 0 Å². The van der Waals surface area contributed by atoms with Crippen LogP contribution in [0.3, 0.4) is 0 Å². The molecule has 100 valence electrons. The summed E-state index contributed by atoms with van der Waals surface area (Å²) in [6, 6.07) is 0. The summed E-state index contributed by atoms with van der Waals surface area (Å²) >= 11 is 0. The van der Waals surface area contributed by atoms with Crippen molar-refractivity contribution in [1.82, 2.24) is 0 Å². The molecule has 2 rings (SSSR count). The van der Waals surface area contributed by atoms with E-state index in [4.69, 9.17) is 9.47 Å². The van der Waals surface area contributed by atoms with Gasteiger partial charge in [0.15, 0.2) is 0 Å². The zero-order chi connectivity index (χ0) is 12.1. The summed E-state index contributed by atoms with van der Waals surface area (Å²) in [5.41, 5.74) is 0. The van der Waals surface area contributed by atoms with E-state index in [0.717, 1.165) is 51.4 Å². The molecule has 4 heteroatoms. The van der Waals surface area contributed by atoms with Crippen molar-refractivity contribution in [3.8, 4) is 0 Å². The Kier molecular flexibility index (Phi) is 5.22. The van der Waals surface area contributed by atoms with Gasteiger partial charge in [0.2, 0.25) is 0 Å². The predicted molar refractivity (Wildman–Crippen MR) is 63.6 cm³/mol. The molecule has 17 heavy (non-hydrogen) atoms. The zero-order valence-electron chi connectivity index (χ0n) is 10.4. The lowest BCUT2D eigenvalue weighted by atomic mass is 9.95. The van der Waals surface area contributed by atoms with Gasteiger partial charge in [0.05, 0.1) is 24.4 Å². The van der Waals surface area contributed by atoms with E-state index in [1.165, 1.54) is 0 Å². The van der Waals surface area contributed by atoms with Gasteiger partial charge in [0.1, 0.15) is 6.79 Å². The Balaban J connectivity index is 1.64. The third kappa shape index (κ3) is 3.91. The number of aliphatic hydroxyl groups excluding tert-OH is 2. The van der Waals surface area contributed by atoms with Crippen molar-refractivity contribution in [3.63, 3.8) is 0 Å². The molecule has 2 saturated carbocycles. The minimum atomic E-state index is -0.344. The van der Waals surface area contributed by atoms with Crippen molar-refractivity contribution in [3.05, 3.63) is 0 Å². The molecule has 4 nitrogen and oxygen atoms in total. The Hall–Kier alpha value is -0.160. The second-order valence-electron chi connectivity index (χ2n) is 5.23. The fraction of sp³-hybridized carbons (Fsp3) is 1.00. The lowest BCUT2D eigenvalue weighted by Crippen LogP contribution is -2.36. The van der Waals surface area contributed by atoms with Crippen molar-refractivity contribution in [1.29, 1.82) is 0 Å². The van der Waals surface area contributed by atoms with E-state index in [1.54, 1.807) is 0 Å². The monoisotopic (exact) mass is 244 g/mol. The maximum absolute atomic E-state index is 9.73. The second kappa shape index (κ2) is 6.69. The first-order valence-electron chi connectivity index (χ1n) is 6.86. The van der Waals surface area contributed by atoms with Gasteiger partial charge in [0, 0.05) is 0 Å². The van der Waals surface area contributed by atoms with Crippen LogP contribution in [-0.2, 0) is 9.47 Å². The molecule has 0 heterocycles. The van der Waals surface area contributed by atoms with E-state index in [0.29, 0.717) is 0 Å². The molecule has 2 aliphatic carbocycles. The summed E-state index contributed by atoms with van der Waals surface area (Å²) in [5, 5.41) is 19.5. The van der Waals surface area contributed by atoms with Gasteiger partial charge in [-0.1, -0.05) is 25.7 Å². The fourth-order valence-electron chi connectivity index (χ4n) is 2.76. The number of aliphatic hydroxyl groups is 2. The predicted octanol–water partition coefficient (Wildman–Crippen LogP) is 1.58.